The Labute approximate surface area is 107 Å². The molecule has 3 nitrogen and oxygen atoms in total. The Morgan fingerprint density at radius 1 is 1.39 bits per heavy atom. The van der Waals surface area contributed by atoms with Crippen LogP contribution in [-0.2, 0) is 0 Å². The summed E-state index contributed by atoms with van der Waals surface area (Å²) in [6.45, 7) is 4.92. The van der Waals surface area contributed by atoms with Crippen LogP contribution in [0.15, 0.2) is 18.2 Å². The van der Waals surface area contributed by atoms with E-state index in [1.165, 1.54) is 6.07 Å². The molecule has 1 atom stereocenters. The number of carbonyl (C=O) groups is 1. The third-order valence-corrected chi connectivity index (χ3v) is 3.46. The van der Waals surface area contributed by atoms with E-state index >= 15 is 0 Å². The Morgan fingerprint density at radius 2 is 2.17 bits per heavy atom. The van der Waals surface area contributed by atoms with Crippen molar-refractivity contribution in [3.05, 3.63) is 29.6 Å². The summed E-state index contributed by atoms with van der Waals surface area (Å²) in [5.74, 6) is -0.309. The lowest BCUT2D eigenvalue weighted by atomic mass is 10.1. The zero-order valence-electron chi connectivity index (χ0n) is 10.9. The van der Waals surface area contributed by atoms with Gasteiger partial charge in [-0.25, -0.2) is 4.39 Å². The van der Waals surface area contributed by atoms with Crippen molar-refractivity contribution in [2.45, 2.75) is 19.4 Å². The van der Waals surface area contributed by atoms with Gasteiger partial charge >= 0.3 is 0 Å². The lowest BCUT2D eigenvalue weighted by Gasteiger charge is -2.30. The SMILES string of the molecule is CC1CN(C)CCCN1c1ccc(C=O)cc1F. The van der Waals surface area contributed by atoms with E-state index in [1.807, 2.05) is 0 Å². The van der Waals surface area contributed by atoms with E-state index in [2.05, 4.69) is 23.8 Å². The van der Waals surface area contributed by atoms with Gasteiger partial charge in [0.1, 0.15) is 12.1 Å². The molecule has 0 spiro atoms. The molecule has 1 aromatic carbocycles. The standard InChI is InChI=1S/C14H19FN2O/c1-11-9-16(2)6-3-7-17(11)14-5-4-12(10-18)8-13(14)15/h4-5,8,10-11H,3,6-7,9H2,1-2H3. The van der Waals surface area contributed by atoms with Crippen LogP contribution in [0.1, 0.15) is 23.7 Å². The summed E-state index contributed by atoms with van der Waals surface area (Å²) in [5.41, 5.74) is 0.985. The maximum Gasteiger partial charge on any atom is 0.150 e. The second-order valence-corrected chi connectivity index (χ2v) is 4.99. The van der Waals surface area contributed by atoms with Gasteiger partial charge in [-0.1, -0.05) is 0 Å². The Kier molecular flexibility index (Phi) is 3.97. The number of carbonyl (C=O) groups excluding carboxylic acids is 1. The maximum absolute atomic E-state index is 14.0. The van der Waals surface area contributed by atoms with Crippen molar-refractivity contribution in [1.29, 1.82) is 0 Å². The van der Waals surface area contributed by atoms with Crippen molar-refractivity contribution in [2.75, 3.05) is 31.6 Å². The number of benzene rings is 1. The molecule has 0 aliphatic carbocycles. The summed E-state index contributed by atoms with van der Waals surface area (Å²) in [6, 6.07) is 4.96. The van der Waals surface area contributed by atoms with Gasteiger partial charge in [0.25, 0.3) is 0 Å². The number of hydrogen-bond donors (Lipinski definition) is 0. The van der Waals surface area contributed by atoms with Gasteiger partial charge in [0.05, 0.1) is 5.69 Å². The highest BCUT2D eigenvalue weighted by Crippen LogP contribution is 2.24. The van der Waals surface area contributed by atoms with Gasteiger partial charge < -0.3 is 9.80 Å². The van der Waals surface area contributed by atoms with E-state index in [-0.39, 0.29) is 11.9 Å². The number of halogens is 1. The summed E-state index contributed by atoms with van der Waals surface area (Å²) < 4.78 is 14.0. The van der Waals surface area contributed by atoms with Crippen LogP contribution in [0.4, 0.5) is 10.1 Å². The van der Waals surface area contributed by atoms with Crippen molar-refractivity contribution in [3.63, 3.8) is 0 Å². The number of hydrogen-bond acceptors (Lipinski definition) is 3. The van der Waals surface area contributed by atoms with Crippen molar-refractivity contribution in [2.24, 2.45) is 0 Å². The van der Waals surface area contributed by atoms with Crippen molar-refractivity contribution >= 4 is 12.0 Å². The van der Waals surface area contributed by atoms with Crippen molar-refractivity contribution in [1.82, 2.24) is 4.90 Å². The second kappa shape index (κ2) is 5.48. The molecule has 0 bridgehead atoms. The minimum Gasteiger partial charge on any atom is -0.365 e. The minimum absolute atomic E-state index is 0.272. The first-order chi connectivity index (χ1) is 8.61. The van der Waals surface area contributed by atoms with Gasteiger partial charge in [-0.15, -0.1) is 0 Å². The molecular weight excluding hydrogens is 231 g/mol. The van der Waals surface area contributed by atoms with E-state index in [0.29, 0.717) is 17.5 Å². The Bertz CT molecular complexity index is 436. The van der Waals surface area contributed by atoms with Crippen LogP contribution in [-0.4, -0.2) is 43.9 Å². The highest BCUT2D eigenvalue weighted by Gasteiger charge is 2.22. The summed E-state index contributed by atoms with van der Waals surface area (Å²) in [4.78, 5) is 15.0. The molecule has 2 rings (SSSR count). The summed E-state index contributed by atoms with van der Waals surface area (Å²) in [6.07, 6.45) is 1.70. The van der Waals surface area contributed by atoms with E-state index in [0.717, 1.165) is 26.1 Å². The van der Waals surface area contributed by atoms with Crippen LogP contribution < -0.4 is 4.90 Å². The molecule has 1 aliphatic rings. The minimum atomic E-state index is -0.309. The van der Waals surface area contributed by atoms with Crippen LogP contribution in [0, 0.1) is 5.82 Å². The van der Waals surface area contributed by atoms with Gasteiger partial charge in [0.15, 0.2) is 0 Å². The van der Waals surface area contributed by atoms with Gasteiger partial charge in [-0.2, -0.15) is 0 Å². The van der Waals surface area contributed by atoms with Gasteiger partial charge in [-0.05, 0) is 45.1 Å². The zero-order chi connectivity index (χ0) is 13.1. The van der Waals surface area contributed by atoms with Crippen molar-refractivity contribution in [3.8, 4) is 0 Å². The molecule has 4 heteroatoms. The Balaban J connectivity index is 2.26. The molecule has 18 heavy (non-hydrogen) atoms. The van der Waals surface area contributed by atoms with Crippen LogP contribution in [0.2, 0.25) is 0 Å². The van der Waals surface area contributed by atoms with Crippen LogP contribution in [0.3, 0.4) is 0 Å². The fourth-order valence-corrected chi connectivity index (χ4v) is 2.56. The van der Waals surface area contributed by atoms with Gasteiger partial charge in [-0.3, -0.25) is 4.79 Å². The highest BCUT2D eigenvalue weighted by atomic mass is 19.1. The smallest absolute Gasteiger partial charge is 0.150 e. The molecule has 0 aromatic heterocycles. The molecule has 1 fully saturated rings. The molecule has 0 amide bonds. The topological polar surface area (TPSA) is 23.6 Å². The van der Waals surface area contributed by atoms with Crippen LogP contribution >= 0.6 is 0 Å². The van der Waals surface area contributed by atoms with Crippen LogP contribution in [0.5, 0.6) is 0 Å². The predicted octanol–water partition coefficient (Wildman–Crippen LogP) is 2.17. The molecule has 1 saturated heterocycles. The summed E-state index contributed by atoms with van der Waals surface area (Å²) in [5, 5.41) is 0. The lowest BCUT2D eigenvalue weighted by molar-refractivity contribution is 0.112. The zero-order valence-corrected chi connectivity index (χ0v) is 10.9. The molecule has 1 heterocycles. The first-order valence-electron chi connectivity index (χ1n) is 6.31. The molecule has 0 N–H and O–H groups in total. The maximum atomic E-state index is 14.0. The highest BCUT2D eigenvalue weighted by molar-refractivity contribution is 5.76. The van der Waals surface area contributed by atoms with E-state index in [4.69, 9.17) is 0 Å². The monoisotopic (exact) mass is 250 g/mol. The number of anilines is 1. The molecule has 1 aliphatic heterocycles. The second-order valence-electron chi connectivity index (χ2n) is 4.99. The third-order valence-electron chi connectivity index (χ3n) is 3.46. The summed E-state index contributed by atoms with van der Waals surface area (Å²) >= 11 is 0. The quantitative estimate of drug-likeness (QED) is 0.752. The fourth-order valence-electron chi connectivity index (χ4n) is 2.56. The van der Waals surface area contributed by atoms with Gasteiger partial charge in [0, 0.05) is 24.7 Å². The largest absolute Gasteiger partial charge is 0.365 e. The third kappa shape index (κ3) is 2.70. The average Bonchev–Trinajstić information content (AvgIpc) is 2.50. The van der Waals surface area contributed by atoms with E-state index < -0.39 is 0 Å². The van der Waals surface area contributed by atoms with E-state index in [9.17, 15) is 9.18 Å². The average molecular weight is 250 g/mol. The number of likely N-dealkylation sites (N-methyl/N-ethyl adjacent to an activating group) is 1. The Hall–Kier alpha value is -1.42. The van der Waals surface area contributed by atoms with Crippen LogP contribution in [0.25, 0.3) is 0 Å². The fraction of sp³-hybridized carbons (Fsp3) is 0.500. The molecule has 98 valence electrons. The molecule has 0 saturated carbocycles. The lowest BCUT2D eigenvalue weighted by Crippen LogP contribution is -2.38. The number of aldehydes is 1. The van der Waals surface area contributed by atoms with Crippen molar-refractivity contribution < 1.29 is 9.18 Å². The number of rotatable bonds is 2. The molecular formula is C14H19FN2O. The first-order valence-corrected chi connectivity index (χ1v) is 6.31. The predicted molar refractivity (Wildman–Crippen MR) is 70.7 cm³/mol. The number of nitrogens with zero attached hydrogens (tertiary/aromatic N) is 2. The normalized spacial score (nSPS) is 21.7. The summed E-state index contributed by atoms with van der Waals surface area (Å²) in [7, 11) is 2.09. The molecule has 1 aromatic rings. The molecule has 1 unspecified atom stereocenters. The Morgan fingerprint density at radius 3 is 2.83 bits per heavy atom. The first kappa shape index (κ1) is 13.0. The van der Waals surface area contributed by atoms with E-state index in [1.54, 1.807) is 12.1 Å². The molecule has 0 radical (unpaired) electrons. The van der Waals surface area contributed by atoms with Gasteiger partial charge in [0.2, 0.25) is 0 Å².